The number of H-pyrrole nitrogens is 1. The van der Waals surface area contributed by atoms with Crippen LogP contribution in [0.1, 0.15) is 32.1 Å². The molecule has 1 aromatic carbocycles. The lowest BCUT2D eigenvalue weighted by Crippen LogP contribution is -2.15. The van der Waals surface area contributed by atoms with Crippen molar-refractivity contribution in [1.29, 1.82) is 0 Å². The molecule has 1 aliphatic carbocycles. The Labute approximate surface area is 106 Å². The molecule has 0 aliphatic heterocycles. The van der Waals surface area contributed by atoms with Crippen molar-refractivity contribution in [2.45, 2.75) is 32.1 Å². The van der Waals surface area contributed by atoms with Crippen LogP contribution in [0.15, 0.2) is 24.4 Å². The maximum absolute atomic E-state index is 12.0. The van der Waals surface area contributed by atoms with Crippen molar-refractivity contribution in [2.24, 2.45) is 5.92 Å². The number of aromatic amines is 1. The molecule has 0 saturated heterocycles. The highest BCUT2D eigenvalue weighted by Crippen LogP contribution is 2.28. The standard InChI is InChI=1S/C14H17N3O/c18-13(8-10-4-1-2-5-10)16-12-7-3-6-11-9-15-17-14(11)12/h3,6-7,9-10H,1-2,4-5,8H2,(H,15,17)(H,16,18). The molecule has 1 amide bonds. The van der Waals surface area contributed by atoms with E-state index in [9.17, 15) is 4.79 Å². The van der Waals surface area contributed by atoms with Crippen LogP contribution in [-0.2, 0) is 4.79 Å². The summed E-state index contributed by atoms with van der Waals surface area (Å²) in [5, 5.41) is 10.9. The Bertz CT molecular complexity index is 555. The normalized spacial score (nSPS) is 16.2. The number of benzene rings is 1. The van der Waals surface area contributed by atoms with Gasteiger partial charge < -0.3 is 5.32 Å². The summed E-state index contributed by atoms with van der Waals surface area (Å²) in [5.41, 5.74) is 1.73. The molecule has 4 nitrogen and oxygen atoms in total. The minimum absolute atomic E-state index is 0.115. The van der Waals surface area contributed by atoms with Gasteiger partial charge in [-0.05, 0) is 24.8 Å². The van der Waals surface area contributed by atoms with Crippen molar-refractivity contribution in [3.05, 3.63) is 24.4 Å². The summed E-state index contributed by atoms with van der Waals surface area (Å²) in [7, 11) is 0. The molecule has 0 radical (unpaired) electrons. The zero-order chi connectivity index (χ0) is 12.4. The highest BCUT2D eigenvalue weighted by atomic mass is 16.1. The van der Waals surface area contributed by atoms with Gasteiger partial charge in [-0.15, -0.1) is 0 Å². The van der Waals surface area contributed by atoms with Gasteiger partial charge in [0, 0.05) is 11.8 Å². The maximum atomic E-state index is 12.0. The Morgan fingerprint density at radius 1 is 1.39 bits per heavy atom. The lowest BCUT2D eigenvalue weighted by Gasteiger charge is -2.10. The van der Waals surface area contributed by atoms with Gasteiger partial charge >= 0.3 is 0 Å². The number of hydrogen-bond acceptors (Lipinski definition) is 2. The minimum atomic E-state index is 0.115. The average molecular weight is 243 g/mol. The molecule has 2 N–H and O–H groups in total. The van der Waals surface area contributed by atoms with Gasteiger partial charge in [-0.1, -0.05) is 25.0 Å². The number of nitrogens with zero attached hydrogens (tertiary/aromatic N) is 1. The van der Waals surface area contributed by atoms with Crippen molar-refractivity contribution in [2.75, 3.05) is 5.32 Å². The molecule has 0 spiro atoms. The number of fused-ring (bicyclic) bond motifs is 1. The molecular formula is C14H17N3O. The molecule has 1 aliphatic rings. The molecule has 1 aromatic heterocycles. The van der Waals surface area contributed by atoms with Crippen LogP contribution in [0.3, 0.4) is 0 Å². The Balaban J connectivity index is 1.71. The van der Waals surface area contributed by atoms with Gasteiger partial charge in [0.2, 0.25) is 5.91 Å². The topological polar surface area (TPSA) is 57.8 Å². The minimum Gasteiger partial charge on any atom is -0.324 e. The molecule has 18 heavy (non-hydrogen) atoms. The van der Waals surface area contributed by atoms with E-state index < -0.39 is 0 Å². The molecule has 3 rings (SSSR count). The van der Waals surface area contributed by atoms with Gasteiger partial charge in [0.15, 0.2) is 0 Å². The number of amides is 1. The molecule has 0 atom stereocenters. The number of anilines is 1. The fourth-order valence-corrected chi connectivity index (χ4v) is 2.75. The molecule has 0 bridgehead atoms. The molecule has 1 fully saturated rings. The van der Waals surface area contributed by atoms with Crippen LogP contribution >= 0.6 is 0 Å². The third-order valence-electron chi connectivity index (χ3n) is 3.70. The summed E-state index contributed by atoms with van der Waals surface area (Å²) < 4.78 is 0. The van der Waals surface area contributed by atoms with E-state index in [-0.39, 0.29) is 5.91 Å². The second-order valence-electron chi connectivity index (χ2n) is 5.04. The first-order valence-corrected chi connectivity index (χ1v) is 6.55. The number of rotatable bonds is 3. The van der Waals surface area contributed by atoms with Gasteiger partial charge in [0.1, 0.15) is 0 Å². The predicted octanol–water partition coefficient (Wildman–Crippen LogP) is 3.08. The monoisotopic (exact) mass is 243 g/mol. The highest BCUT2D eigenvalue weighted by Gasteiger charge is 2.18. The van der Waals surface area contributed by atoms with Gasteiger partial charge in [-0.25, -0.2) is 0 Å². The Morgan fingerprint density at radius 2 is 2.22 bits per heavy atom. The molecule has 2 aromatic rings. The molecular weight excluding hydrogens is 226 g/mol. The van der Waals surface area contributed by atoms with Crippen LogP contribution in [0.5, 0.6) is 0 Å². The average Bonchev–Trinajstić information content (AvgIpc) is 2.99. The van der Waals surface area contributed by atoms with E-state index >= 15 is 0 Å². The number of nitrogens with one attached hydrogen (secondary N) is 2. The van der Waals surface area contributed by atoms with Gasteiger partial charge in [0.05, 0.1) is 17.4 Å². The van der Waals surface area contributed by atoms with Crippen LogP contribution in [-0.4, -0.2) is 16.1 Å². The van der Waals surface area contributed by atoms with E-state index in [1.165, 1.54) is 25.7 Å². The van der Waals surface area contributed by atoms with Crippen LogP contribution in [0.4, 0.5) is 5.69 Å². The Kier molecular flexibility index (Phi) is 3.00. The number of hydrogen-bond donors (Lipinski definition) is 2. The predicted molar refractivity (Wildman–Crippen MR) is 71.3 cm³/mol. The summed E-state index contributed by atoms with van der Waals surface area (Å²) in [6.45, 7) is 0. The number of carbonyl (C=O) groups is 1. The lowest BCUT2D eigenvalue weighted by atomic mass is 10.0. The van der Waals surface area contributed by atoms with Gasteiger partial charge in [-0.3, -0.25) is 9.89 Å². The second-order valence-corrected chi connectivity index (χ2v) is 5.04. The molecule has 4 heteroatoms. The van der Waals surface area contributed by atoms with Crippen LogP contribution in [0.25, 0.3) is 10.9 Å². The van der Waals surface area contributed by atoms with Gasteiger partial charge in [0.25, 0.3) is 0 Å². The highest BCUT2D eigenvalue weighted by molar-refractivity contribution is 6.00. The first-order valence-electron chi connectivity index (χ1n) is 6.55. The summed E-state index contributed by atoms with van der Waals surface area (Å²) in [4.78, 5) is 12.0. The number of aromatic nitrogens is 2. The summed E-state index contributed by atoms with van der Waals surface area (Å²) in [6.07, 6.45) is 7.35. The third-order valence-corrected chi connectivity index (χ3v) is 3.70. The second kappa shape index (κ2) is 4.80. The summed E-state index contributed by atoms with van der Waals surface area (Å²) >= 11 is 0. The Morgan fingerprint density at radius 3 is 3.06 bits per heavy atom. The summed E-state index contributed by atoms with van der Waals surface area (Å²) in [6, 6.07) is 5.82. The van der Waals surface area contributed by atoms with E-state index in [1.54, 1.807) is 6.20 Å². The SMILES string of the molecule is O=C(CC1CCCC1)Nc1cccc2cn[nH]c12. The fourth-order valence-electron chi connectivity index (χ4n) is 2.75. The van der Waals surface area contributed by atoms with E-state index in [2.05, 4.69) is 15.5 Å². The number of carbonyl (C=O) groups excluding carboxylic acids is 1. The summed E-state index contributed by atoms with van der Waals surface area (Å²) in [5.74, 6) is 0.690. The Hall–Kier alpha value is -1.84. The zero-order valence-electron chi connectivity index (χ0n) is 10.3. The van der Waals surface area contributed by atoms with Crippen LogP contribution in [0.2, 0.25) is 0 Å². The van der Waals surface area contributed by atoms with Gasteiger partial charge in [-0.2, -0.15) is 5.10 Å². The van der Waals surface area contributed by atoms with E-state index in [0.29, 0.717) is 12.3 Å². The van der Waals surface area contributed by atoms with Crippen molar-refractivity contribution >= 4 is 22.5 Å². The zero-order valence-corrected chi connectivity index (χ0v) is 10.3. The van der Waals surface area contributed by atoms with Crippen molar-refractivity contribution < 1.29 is 4.79 Å². The first kappa shape index (κ1) is 11.3. The van der Waals surface area contributed by atoms with E-state index in [4.69, 9.17) is 0 Å². The van der Waals surface area contributed by atoms with Crippen molar-refractivity contribution in [3.63, 3.8) is 0 Å². The smallest absolute Gasteiger partial charge is 0.224 e. The lowest BCUT2D eigenvalue weighted by molar-refractivity contribution is -0.117. The quantitative estimate of drug-likeness (QED) is 0.870. The maximum Gasteiger partial charge on any atom is 0.224 e. The number of para-hydroxylation sites is 1. The van der Waals surface area contributed by atoms with E-state index in [0.717, 1.165) is 16.6 Å². The molecule has 1 saturated carbocycles. The third kappa shape index (κ3) is 2.23. The van der Waals surface area contributed by atoms with Crippen molar-refractivity contribution in [1.82, 2.24) is 10.2 Å². The largest absolute Gasteiger partial charge is 0.324 e. The molecule has 1 heterocycles. The van der Waals surface area contributed by atoms with E-state index in [1.807, 2.05) is 18.2 Å². The van der Waals surface area contributed by atoms with Crippen LogP contribution in [0, 0.1) is 5.92 Å². The molecule has 94 valence electrons. The van der Waals surface area contributed by atoms with Crippen LogP contribution < -0.4 is 5.32 Å². The van der Waals surface area contributed by atoms with Crippen molar-refractivity contribution in [3.8, 4) is 0 Å². The first-order chi connectivity index (χ1) is 8.83. The fraction of sp³-hybridized carbons (Fsp3) is 0.429. The molecule has 0 unspecified atom stereocenters.